The first-order valence-electron chi connectivity index (χ1n) is 9.01. The minimum absolute atomic E-state index is 0.0930. The van der Waals surface area contributed by atoms with Gasteiger partial charge >= 0.3 is 0 Å². The van der Waals surface area contributed by atoms with Crippen molar-refractivity contribution < 1.29 is 13.2 Å². The van der Waals surface area contributed by atoms with Gasteiger partial charge in [0, 0.05) is 12.6 Å². The summed E-state index contributed by atoms with van der Waals surface area (Å²) < 4.78 is 34.2. The van der Waals surface area contributed by atoms with Crippen LogP contribution in [0.25, 0.3) is 0 Å². The Labute approximate surface area is 163 Å². The molecule has 0 amide bonds. The maximum Gasteiger partial charge on any atom is 0.253 e. The first kappa shape index (κ1) is 18.3. The molecule has 2 aromatic rings. The highest BCUT2D eigenvalue weighted by Gasteiger charge is 2.38. The van der Waals surface area contributed by atoms with Gasteiger partial charge in [-0.3, -0.25) is 0 Å². The number of thiophene rings is 1. The molecule has 26 heavy (non-hydrogen) atoms. The van der Waals surface area contributed by atoms with E-state index in [-0.39, 0.29) is 6.04 Å². The van der Waals surface area contributed by atoms with Crippen molar-refractivity contribution in [1.29, 1.82) is 0 Å². The number of rotatable bonds is 8. The fourth-order valence-corrected chi connectivity index (χ4v) is 6.35. The van der Waals surface area contributed by atoms with E-state index in [9.17, 15) is 8.42 Å². The lowest BCUT2D eigenvalue weighted by atomic mass is 9.86. The van der Waals surface area contributed by atoms with Gasteiger partial charge in [0.15, 0.2) is 0 Å². The van der Waals surface area contributed by atoms with Crippen LogP contribution in [0.2, 0.25) is 4.34 Å². The second-order valence-electron chi connectivity index (χ2n) is 7.09. The van der Waals surface area contributed by atoms with Gasteiger partial charge in [-0.2, -0.15) is 4.31 Å². The maximum absolute atomic E-state index is 13.0. The van der Waals surface area contributed by atoms with E-state index in [1.165, 1.54) is 19.3 Å². The summed E-state index contributed by atoms with van der Waals surface area (Å²) in [5.41, 5.74) is 0.971. The van der Waals surface area contributed by atoms with Crippen LogP contribution in [-0.4, -0.2) is 25.4 Å². The average Bonchev–Trinajstić information content (AvgIpc) is 3.32. The monoisotopic (exact) mass is 411 g/mol. The van der Waals surface area contributed by atoms with Crippen LogP contribution in [0, 0.1) is 5.92 Å². The molecule has 2 saturated carbocycles. The summed E-state index contributed by atoms with van der Waals surface area (Å²) in [4.78, 5) is 0. The molecule has 2 aliphatic rings. The smallest absolute Gasteiger partial charge is 0.253 e. The number of nitrogens with zero attached hydrogens (tertiary/aromatic N) is 1. The molecule has 2 fully saturated rings. The third-order valence-corrected chi connectivity index (χ3v) is 8.63. The molecule has 1 aromatic carbocycles. The van der Waals surface area contributed by atoms with Crippen molar-refractivity contribution >= 4 is 33.0 Å². The topological polar surface area (TPSA) is 46.6 Å². The number of hydrogen-bond acceptors (Lipinski definition) is 4. The Kier molecular flexibility index (Phi) is 5.28. The van der Waals surface area contributed by atoms with E-state index in [0.717, 1.165) is 42.1 Å². The molecule has 4 nitrogen and oxygen atoms in total. The Balaban J connectivity index is 1.45. The summed E-state index contributed by atoms with van der Waals surface area (Å²) in [5, 5.41) is 0. The van der Waals surface area contributed by atoms with Gasteiger partial charge in [0.2, 0.25) is 0 Å². The number of sulfonamides is 1. The Morgan fingerprint density at radius 2 is 1.81 bits per heavy atom. The lowest BCUT2D eigenvalue weighted by Crippen LogP contribution is -2.32. The minimum Gasteiger partial charge on any atom is -0.493 e. The van der Waals surface area contributed by atoms with Crippen LogP contribution in [-0.2, 0) is 16.6 Å². The van der Waals surface area contributed by atoms with E-state index in [1.54, 1.807) is 16.4 Å². The largest absolute Gasteiger partial charge is 0.493 e. The predicted molar refractivity (Wildman–Crippen MR) is 104 cm³/mol. The van der Waals surface area contributed by atoms with E-state index in [2.05, 4.69) is 0 Å². The fourth-order valence-electron chi connectivity index (χ4n) is 3.07. The molecule has 0 aliphatic heterocycles. The molecule has 0 bridgehead atoms. The van der Waals surface area contributed by atoms with Gasteiger partial charge in [-0.15, -0.1) is 11.3 Å². The Hall–Kier alpha value is -1.08. The van der Waals surface area contributed by atoms with Crippen molar-refractivity contribution in [3.05, 3.63) is 46.3 Å². The molecular weight excluding hydrogens is 390 g/mol. The second kappa shape index (κ2) is 7.50. The first-order valence-corrected chi connectivity index (χ1v) is 11.6. The highest BCUT2D eigenvalue weighted by Crippen LogP contribution is 2.36. The summed E-state index contributed by atoms with van der Waals surface area (Å²) in [6.07, 6.45) is 5.67. The summed E-state index contributed by atoms with van der Waals surface area (Å²) in [6.45, 7) is 1.16. The molecule has 7 heteroatoms. The number of ether oxygens (including phenoxy) is 1. The van der Waals surface area contributed by atoms with E-state index in [0.29, 0.717) is 21.0 Å². The normalized spacial score (nSPS) is 18.1. The van der Waals surface area contributed by atoms with Gasteiger partial charge in [-0.05, 0) is 61.4 Å². The van der Waals surface area contributed by atoms with E-state index in [1.807, 2.05) is 24.3 Å². The van der Waals surface area contributed by atoms with Crippen molar-refractivity contribution in [3.8, 4) is 5.75 Å². The molecule has 0 spiro atoms. The Morgan fingerprint density at radius 1 is 1.08 bits per heavy atom. The van der Waals surface area contributed by atoms with Crippen molar-refractivity contribution in [1.82, 2.24) is 4.31 Å². The van der Waals surface area contributed by atoms with Crippen LogP contribution in [0.5, 0.6) is 5.75 Å². The fraction of sp³-hybridized carbons (Fsp3) is 0.474. The van der Waals surface area contributed by atoms with Gasteiger partial charge in [0.25, 0.3) is 10.0 Å². The van der Waals surface area contributed by atoms with Gasteiger partial charge in [0.1, 0.15) is 9.96 Å². The van der Waals surface area contributed by atoms with Crippen LogP contribution in [0.15, 0.2) is 40.6 Å². The lowest BCUT2D eigenvalue weighted by molar-refractivity contribution is 0.180. The highest BCUT2D eigenvalue weighted by molar-refractivity contribution is 7.91. The summed E-state index contributed by atoms with van der Waals surface area (Å²) in [6, 6.07) is 11.1. The molecule has 0 radical (unpaired) electrons. The van der Waals surface area contributed by atoms with Gasteiger partial charge in [-0.1, -0.05) is 30.2 Å². The highest BCUT2D eigenvalue weighted by atomic mass is 35.5. The van der Waals surface area contributed by atoms with E-state index < -0.39 is 10.0 Å². The number of halogens is 1. The third kappa shape index (κ3) is 4.09. The van der Waals surface area contributed by atoms with Crippen molar-refractivity contribution in [2.45, 2.75) is 48.9 Å². The minimum atomic E-state index is -3.51. The number of benzene rings is 1. The average molecular weight is 412 g/mol. The molecular formula is C19H22ClNO3S2. The Bertz CT molecular complexity index is 855. The van der Waals surface area contributed by atoms with E-state index in [4.69, 9.17) is 16.3 Å². The Morgan fingerprint density at radius 3 is 2.35 bits per heavy atom. The zero-order valence-corrected chi connectivity index (χ0v) is 16.8. The van der Waals surface area contributed by atoms with Crippen LogP contribution >= 0.6 is 22.9 Å². The lowest BCUT2D eigenvalue weighted by Gasteiger charge is -2.25. The van der Waals surface area contributed by atoms with Gasteiger partial charge in [-0.25, -0.2) is 8.42 Å². The molecule has 0 N–H and O–H groups in total. The number of hydrogen-bond donors (Lipinski definition) is 0. The molecule has 0 atom stereocenters. The molecule has 2 aliphatic carbocycles. The summed E-state index contributed by atoms with van der Waals surface area (Å²) in [7, 11) is -3.51. The molecule has 140 valence electrons. The third-order valence-electron chi connectivity index (χ3n) is 5.04. The maximum atomic E-state index is 13.0. The first-order chi connectivity index (χ1) is 12.5. The van der Waals surface area contributed by atoms with Crippen LogP contribution < -0.4 is 4.74 Å². The second-order valence-corrected chi connectivity index (χ2v) is 10.9. The van der Waals surface area contributed by atoms with Gasteiger partial charge < -0.3 is 4.74 Å². The quantitative estimate of drug-likeness (QED) is 0.618. The van der Waals surface area contributed by atoms with Gasteiger partial charge in [0.05, 0.1) is 10.9 Å². The van der Waals surface area contributed by atoms with Crippen LogP contribution in [0.4, 0.5) is 0 Å². The molecule has 0 saturated heterocycles. The summed E-state index contributed by atoms with van der Waals surface area (Å²) >= 11 is 7.05. The van der Waals surface area contributed by atoms with Crippen LogP contribution in [0.3, 0.4) is 0 Å². The SMILES string of the molecule is O=S(=O)(c1ccc(Cl)s1)N(Cc1ccc(OCC2CCC2)cc1)C1CC1. The molecule has 4 rings (SSSR count). The zero-order chi connectivity index (χ0) is 18.1. The molecule has 0 unspecified atom stereocenters. The van der Waals surface area contributed by atoms with E-state index >= 15 is 0 Å². The standard InChI is InChI=1S/C19H22ClNO3S2/c20-18-10-11-19(25-18)26(22,23)21(16-6-7-16)12-14-4-8-17(9-5-14)24-13-15-2-1-3-15/h4-5,8-11,15-16H,1-3,6-7,12-13H2. The van der Waals surface area contributed by atoms with Crippen molar-refractivity contribution in [2.75, 3.05) is 6.61 Å². The molecule has 1 aromatic heterocycles. The molecule has 1 heterocycles. The van der Waals surface area contributed by atoms with Crippen molar-refractivity contribution in [2.24, 2.45) is 5.92 Å². The zero-order valence-electron chi connectivity index (χ0n) is 14.4. The summed E-state index contributed by atoms with van der Waals surface area (Å²) in [5.74, 6) is 1.55. The predicted octanol–water partition coefficient (Wildman–Crippen LogP) is 4.93. The van der Waals surface area contributed by atoms with Crippen LogP contribution in [0.1, 0.15) is 37.7 Å². The van der Waals surface area contributed by atoms with Crippen molar-refractivity contribution in [3.63, 3.8) is 0 Å².